The van der Waals surface area contributed by atoms with Crippen molar-refractivity contribution < 1.29 is 4.39 Å². The van der Waals surface area contributed by atoms with Gasteiger partial charge in [0, 0.05) is 5.02 Å². The zero-order valence-electron chi connectivity index (χ0n) is 7.89. The molecule has 0 aromatic heterocycles. The lowest BCUT2D eigenvalue weighted by Gasteiger charge is -2.23. The molecule has 1 saturated heterocycles. The van der Waals surface area contributed by atoms with E-state index in [1.54, 1.807) is 6.07 Å². The fourth-order valence-corrected chi connectivity index (χ4v) is 2.20. The SMILES string of the molecule is Fc1cc(Cl)cc(C2CCNCC2)c1. The van der Waals surface area contributed by atoms with Crippen molar-refractivity contribution in [1.29, 1.82) is 0 Å². The van der Waals surface area contributed by atoms with Crippen LogP contribution in [0.25, 0.3) is 0 Å². The topological polar surface area (TPSA) is 12.0 Å². The van der Waals surface area contributed by atoms with Gasteiger partial charge in [0.1, 0.15) is 5.82 Å². The Kier molecular flexibility index (Phi) is 3.04. The maximum absolute atomic E-state index is 13.1. The van der Waals surface area contributed by atoms with Crippen LogP contribution in [0.5, 0.6) is 0 Å². The minimum Gasteiger partial charge on any atom is -0.317 e. The van der Waals surface area contributed by atoms with Crippen LogP contribution in [-0.2, 0) is 0 Å². The monoisotopic (exact) mass is 213 g/mol. The zero-order chi connectivity index (χ0) is 9.97. The smallest absolute Gasteiger partial charge is 0.124 e. The molecule has 1 fully saturated rings. The zero-order valence-corrected chi connectivity index (χ0v) is 8.65. The van der Waals surface area contributed by atoms with Gasteiger partial charge in [0.05, 0.1) is 0 Å². The summed E-state index contributed by atoms with van der Waals surface area (Å²) in [7, 11) is 0. The van der Waals surface area contributed by atoms with Gasteiger partial charge in [-0.05, 0) is 55.6 Å². The van der Waals surface area contributed by atoms with Crippen molar-refractivity contribution in [3.63, 3.8) is 0 Å². The number of rotatable bonds is 1. The first kappa shape index (κ1) is 9.94. The molecule has 0 amide bonds. The molecule has 1 aromatic rings. The molecule has 76 valence electrons. The van der Waals surface area contributed by atoms with E-state index in [1.165, 1.54) is 6.07 Å². The molecule has 1 aromatic carbocycles. The molecule has 1 N–H and O–H groups in total. The van der Waals surface area contributed by atoms with Crippen LogP contribution in [0.4, 0.5) is 4.39 Å². The van der Waals surface area contributed by atoms with E-state index in [9.17, 15) is 4.39 Å². The highest BCUT2D eigenvalue weighted by Gasteiger charge is 2.15. The molecule has 14 heavy (non-hydrogen) atoms. The van der Waals surface area contributed by atoms with Crippen molar-refractivity contribution >= 4 is 11.6 Å². The van der Waals surface area contributed by atoms with Gasteiger partial charge in [-0.15, -0.1) is 0 Å². The van der Waals surface area contributed by atoms with Crippen molar-refractivity contribution in [2.75, 3.05) is 13.1 Å². The van der Waals surface area contributed by atoms with E-state index < -0.39 is 0 Å². The van der Waals surface area contributed by atoms with Gasteiger partial charge in [0.25, 0.3) is 0 Å². The Bertz CT molecular complexity index is 301. The molecule has 0 unspecified atom stereocenters. The fraction of sp³-hybridized carbons (Fsp3) is 0.455. The average Bonchev–Trinajstić information content (AvgIpc) is 2.18. The summed E-state index contributed by atoms with van der Waals surface area (Å²) in [5.74, 6) is 0.232. The second-order valence-electron chi connectivity index (χ2n) is 3.73. The molecular formula is C11H13ClFN. The van der Waals surface area contributed by atoms with Gasteiger partial charge in [-0.25, -0.2) is 4.39 Å². The van der Waals surface area contributed by atoms with E-state index in [2.05, 4.69) is 5.32 Å². The Balaban J connectivity index is 2.21. The second kappa shape index (κ2) is 4.28. The van der Waals surface area contributed by atoms with Crippen LogP contribution >= 0.6 is 11.6 Å². The van der Waals surface area contributed by atoms with Crippen LogP contribution in [0.2, 0.25) is 5.02 Å². The molecule has 0 atom stereocenters. The summed E-state index contributed by atoms with van der Waals surface area (Å²) in [6.07, 6.45) is 2.14. The van der Waals surface area contributed by atoms with Gasteiger partial charge < -0.3 is 5.32 Å². The van der Waals surface area contributed by atoms with Gasteiger partial charge in [0.2, 0.25) is 0 Å². The predicted molar refractivity (Wildman–Crippen MR) is 56.3 cm³/mol. The summed E-state index contributed by atoms with van der Waals surface area (Å²) >= 11 is 5.81. The predicted octanol–water partition coefficient (Wildman–Crippen LogP) is 2.95. The molecule has 3 heteroatoms. The Morgan fingerprint density at radius 2 is 1.93 bits per heavy atom. The van der Waals surface area contributed by atoms with Crippen LogP contribution in [0.15, 0.2) is 18.2 Å². The number of piperidine rings is 1. The number of nitrogens with one attached hydrogen (secondary N) is 1. The van der Waals surface area contributed by atoms with Gasteiger partial charge in [-0.1, -0.05) is 11.6 Å². The molecule has 2 rings (SSSR count). The van der Waals surface area contributed by atoms with Crippen LogP contribution in [0.1, 0.15) is 24.3 Å². The Hall–Kier alpha value is -0.600. The third kappa shape index (κ3) is 2.25. The minimum atomic E-state index is -0.231. The quantitative estimate of drug-likeness (QED) is 0.757. The van der Waals surface area contributed by atoms with Gasteiger partial charge in [-0.2, -0.15) is 0 Å². The number of benzene rings is 1. The number of hydrogen-bond donors (Lipinski definition) is 1. The van der Waals surface area contributed by atoms with Crippen molar-refractivity contribution in [2.45, 2.75) is 18.8 Å². The summed E-state index contributed by atoms with van der Waals surface area (Å²) in [5.41, 5.74) is 1.04. The lowest BCUT2D eigenvalue weighted by molar-refractivity contribution is 0.458. The molecule has 1 nitrogen and oxygen atoms in total. The van der Waals surface area contributed by atoms with E-state index in [4.69, 9.17) is 11.6 Å². The Labute approximate surface area is 88.3 Å². The van der Waals surface area contributed by atoms with Gasteiger partial charge in [-0.3, -0.25) is 0 Å². The maximum Gasteiger partial charge on any atom is 0.124 e. The molecule has 1 heterocycles. The van der Waals surface area contributed by atoms with Crippen LogP contribution < -0.4 is 5.32 Å². The highest BCUT2D eigenvalue weighted by Crippen LogP contribution is 2.27. The molecule has 1 aliphatic heterocycles. The third-order valence-corrected chi connectivity index (χ3v) is 2.91. The standard InChI is InChI=1S/C11H13ClFN/c12-10-5-9(6-11(13)7-10)8-1-3-14-4-2-8/h5-8,14H,1-4H2. The highest BCUT2D eigenvalue weighted by atomic mass is 35.5. The van der Waals surface area contributed by atoms with E-state index in [0.29, 0.717) is 10.9 Å². The fourth-order valence-electron chi connectivity index (χ4n) is 1.97. The second-order valence-corrected chi connectivity index (χ2v) is 4.16. The van der Waals surface area contributed by atoms with E-state index in [0.717, 1.165) is 31.5 Å². The highest BCUT2D eigenvalue weighted by molar-refractivity contribution is 6.30. The van der Waals surface area contributed by atoms with E-state index in [1.807, 2.05) is 6.07 Å². The molecular weight excluding hydrogens is 201 g/mol. The molecule has 1 aliphatic rings. The van der Waals surface area contributed by atoms with E-state index in [-0.39, 0.29) is 5.82 Å². The normalized spacial score (nSPS) is 18.4. The lowest BCUT2D eigenvalue weighted by atomic mass is 9.90. The van der Waals surface area contributed by atoms with Gasteiger partial charge in [0.15, 0.2) is 0 Å². The third-order valence-electron chi connectivity index (χ3n) is 2.70. The van der Waals surface area contributed by atoms with Crippen LogP contribution in [0, 0.1) is 5.82 Å². The molecule has 0 spiro atoms. The lowest BCUT2D eigenvalue weighted by Crippen LogP contribution is -2.26. The van der Waals surface area contributed by atoms with Crippen molar-refractivity contribution in [3.05, 3.63) is 34.6 Å². The first-order valence-electron chi connectivity index (χ1n) is 4.92. The average molecular weight is 214 g/mol. The van der Waals surface area contributed by atoms with Crippen molar-refractivity contribution in [2.24, 2.45) is 0 Å². The number of halogens is 2. The van der Waals surface area contributed by atoms with Crippen molar-refractivity contribution in [3.8, 4) is 0 Å². The minimum absolute atomic E-state index is 0.231. The first-order chi connectivity index (χ1) is 6.75. The van der Waals surface area contributed by atoms with E-state index >= 15 is 0 Å². The molecule has 0 radical (unpaired) electrons. The molecule has 0 saturated carbocycles. The summed E-state index contributed by atoms with van der Waals surface area (Å²) in [4.78, 5) is 0. The molecule has 0 bridgehead atoms. The first-order valence-corrected chi connectivity index (χ1v) is 5.30. The Morgan fingerprint density at radius 3 is 2.57 bits per heavy atom. The summed E-state index contributed by atoms with van der Waals surface area (Å²) in [5, 5.41) is 3.79. The molecule has 0 aliphatic carbocycles. The van der Waals surface area contributed by atoms with Crippen LogP contribution in [0.3, 0.4) is 0 Å². The largest absolute Gasteiger partial charge is 0.317 e. The maximum atomic E-state index is 13.1. The summed E-state index contributed by atoms with van der Waals surface area (Å²) in [6.45, 7) is 2.03. The van der Waals surface area contributed by atoms with Crippen molar-refractivity contribution in [1.82, 2.24) is 5.32 Å². The number of hydrogen-bond acceptors (Lipinski definition) is 1. The summed E-state index contributed by atoms with van der Waals surface area (Å²) in [6, 6.07) is 4.83. The van der Waals surface area contributed by atoms with Gasteiger partial charge >= 0.3 is 0 Å². The summed E-state index contributed by atoms with van der Waals surface area (Å²) < 4.78 is 13.1. The Morgan fingerprint density at radius 1 is 1.21 bits per heavy atom. The van der Waals surface area contributed by atoms with Crippen LogP contribution in [-0.4, -0.2) is 13.1 Å².